The Morgan fingerprint density at radius 1 is 0.895 bits per heavy atom. The van der Waals surface area contributed by atoms with E-state index in [-0.39, 0.29) is 28.5 Å². The van der Waals surface area contributed by atoms with Crippen molar-refractivity contribution in [2.45, 2.75) is 40.5 Å². The van der Waals surface area contributed by atoms with Gasteiger partial charge in [-0.2, -0.15) is 23.0 Å². The van der Waals surface area contributed by atoms with Gasteiger partial charge in [-0.05, 0) is 0 Å². The smallest absolute Gasteiger partial charge is 0.333 e. The van der Waals surface area contributed by atoms with Crippen LogP contribution in [0.15, 0.2) is 11.1 Å². The summed E-state index contributed by atoms with van der Waals surface area (Å²) in [6, 6.07) is 0. The van der Waals surface area contributed by atoms with Crippen LogP contribution in [0.4, 0.5) is 0 Å². The molecule has 114 valence electrons. The van der Waals surface area contributed by atoms with Gasteiger partial charge in [-0.1, -0.05) is 13.8 Å². The second kappa shape index (κ2) is 13.9. The molecular formula is C16H29N2Pt-. The summed E-state index contributed by atoms with van der Waals surface area (Å²) >= 11 is 0. The number of hydrogen-bond acceptors (Lipinski definition) is 0. The van der Waals surface area contributed by atoms with E-state index in [1.54, 1.807) is 0 Å². The van der Waals surface area contributed by atoms with E-state index >= 15 is 0 Å². The number of rotatable bonds is 6. The van der Waals surface area contributed by atoms with Gasteiger partial charge < -0.3 is 19.6 Å². The van der Waals surface area contributed by atoms with Gasteiger partial charge in [-0.25, -0.2) is 11.1 Å². The Morgan fingerprint density at radius 2 is 1.21 bits per heavy atom. The molecule has 0 aromatic rings. The molecule has 2 nitrogen and oxygen atoms in total. The molecule has 0 radical (unpaired) electrons. The molecule has 0 amide bonds. The molecule has 0 aliphatic rings. The maximum absolute atomic E-state index is 3.15. The van der Waals surface area contributed by atoms with Gasteiger partial charge in [0.1, 0.15) is 26.5 Å². The molecule has 0 N–H and O–H groups in total. The first kappa shape index (κ1) is 23.6. The number of hydrogen-bond donors (Lipinski definition) is 0. The average molecular weight is 444 g/mol. The first-order chi connectivity index (χ1) is 7.99. The van der Waals surface area contributed by atoms with E-state index < -0.39 is 0 Å². The van der Waals surface area contributed by atoms with E-state index in [1.165, 1.54) is 11.1 Å². The van der Waals surface area contributed by atoms with Crippen molar-refractivity contribution in [3.63, 3.8) is 0 Å². The van der Waals surface area contributed by atoms with Crippen LogP contribution in [0, 0.1) is 19.6 Å². The minimum absolute atomic E-state index is 0. The molecule has 0 spiro atoms. The van der Waals surface area contributed by atoms with Gasteiger partial charge in [-0.3, -0.25) is 0 Å². The van der Waals surface area contributed by atoms with Crippen LogP contribution in [0.3, 0.4) is 0 Å². The molecule has 0 heterocycles. The normalized spacial score (nSPS) is 13.8. The molecular weight excluding hydrogens is 415 g/mol. The van der Waals surface area contributed by atoms with Crippen LogP contribution in [0.5, 0.6) is 0 Å². The van der Waals surface area contributed by atoms with Crippen molar-refractivity contribution < 1.29 is 30.2 Å². The Morgan fingerprint density at radius 3 is 1.47 bits per heavy atom. The fraction of sp³-hybridized carbons (Fsp3) is 0.562. The third-order valence-corrected chi connectivity index (χ3v) is 2.72. The Hall–Kier alpha value is -0.492. The molecule has 0 aromatic heterocycles. The minimum atomic E-state index is 0. The summed E-state index contributed by atoms with van der Waals surface area (Å²) < 4.78 is 4.40. The van der Waals surface area contributed by atoms with Crippen LogP contribution >= 0.6 is 0 Å². The molecule has 0 atom stereocenters. The van der Waals surface area contributed by atoms with E-state index in [0.717, 1.165) is 19.5 Å². The summed E-state index contributed by atoms with van der Waals surface area (Å²) in [6.45, 7) is 9.03. The van der Waals surface area contributed by atoms with Gasteiger partial charge in [-0.15, -0.1) is 0 Å². The predicted octanol–water partition coefficient (Wildman–Crippen LogP) is 3.14. The third kappa shape index (κ3) is 13.7. The standard InChI is InChI=1S/C15H26N2.CH3.Pt/c1-7-14(3)9-11-16(5)13-17(6)12-10-15(4)8-2;;/h11-12H,9-10,13H2,1-6H3;1H3;/q;-1;. The van der Waals surface area contributed by atoms with E-state index in [2.05, 4.69) is 61.7 Å². The summed E-state index contributed by atoms with van der Waals surface area (Å²) in [7, 11) is 4.20. The minimum Gasteiger partial charge on any atom is -0.500 e. The van der Waals surface area contributed by atoms with Crippen molar-refractivity contribution in [2.75, 3.05) is 20.8 Å². The van der Waals surface area contributed by atoms with E-state index in [1.807, 2.05) is 13.8 Å². The van der Waals surface area contributed by atoms with Crippen molar-refractivity contribution in [1.82, 2.24) is 0 Å². The quantitative estimate of drug-likeness (QED) is 0.257. The second-order valence-electron chi connectivity index (χ2n) is 4.49. The molecule has 3 heteroatoms. The number of nitrogens with zero attached hydrogens (tertiary/aromatic N) is 2. The van der Waals surface area contributed by atoms with Gasteiger partial charge in [0.2, 0.25) is 0 Å². The number of allylic oxidation sites excluding steroid dienone is 4. The molecule has 0 unspecified atom stereocenters. The molecule has 19 heavy (non-hydrogen) atoms. The van der Waals surface area contributed by atoms with Gasteiger partial charge >= 0.3 is 6.67 Å². The van der Waals surface area contributed by atoms with Crippen LogP contribution in [0.25, 0.3) is 0 Å². The third-order valence-electron chi connectivity index (χ3n) is 2.72. The maximum atomic E-state index is 3.15. The van der Waals surface area contributed by atoms with E-state index in [9.17, 15) is 0 Å². The van der Waals surface area contributed by atoms with Gasteiger partial charge in [0.25, 0.3) is 0 Å². The van der Waals surface area contributed by atoms with Crippen LogP contribution in [-0.4, -0.2) is 42.3 Å². The molecule has 0 bridgehead atoms. The van der Waals surface area contributed by atoms with Crippen LogP contribution in [0.1, 0.15) is 40.5 Å². The molecule has 0 saturated heterocycles. The maximum Gasteiger partial charge on any atom is 0.333 e. The summed E-state index contributed by atoms with van der Waals surface area (Å²) in [5.41, 5.74) is 2.56. The van der Waals surface area contributed by atoms with Crippen molar-refractivity contribution in [2.24, 2.45) is 0 Å². The summed E-state index contributed by atoms with van der Waals surface area (Å²) in [6.07, 6.45) is 12.6. The van der Waals surface area contributed by atoms with Crippen molar-refractivity contribution in [3.8, 4) is 0 Å². The molecule has 0 aliphatic heterocycles. The summed E-state index contributed by atoms with van der Waals surface area (Å²) in [5, 5.41) is 0. The fourth-order valence-electron chi connectivity index (χ4n) is 1.26. The summed E-state index contributed by atoms with van der Waals surface area (Å²) in [5.74, 6) is 0. The monoisotopic (exact) mass is 444 g/mol. The molecule has 0 saturated carbocycles. The SMILES string of the molecule is C[C-]=C(C)CC=[N+](C)C[N+](C)=CCC(C)=[C-]C.[CH3-].[Pt]. The predicted molar refractivity (Wildman–Crippen MR) is 81.2 cm³/mol. The first-order valence-corrected chi connectivity index (χ1v) is 6.07. The Balaban J connectivity index is -0.00000128. The van der Waals surface area contributed by atoms with Gasteiger partial charge in [0.15, 0.2) is 0 Å². The van der Waals surface area contributed by atoms with Crippen molar-refractivity contribution >= 4 is 12.4 Å². The molecule has 0 aliphatic carbocycles. The Kier molecular flexibility index (Phi) is 17.3. The van der Waals surface area contributed by atoms with Crippen molar-refractivity contribution in [1.29, 1.82) is 0 Å². The first-order valence-electron chi connectivity index (χ1n) is 6.07. The topological polar surface area (TPSA) is 6.02 Å². The van der Waals surface area contributed by atoms with E-state index in [4.69, 9.17) is 0 Å². The van der Waals surface area contributed by atoms with Crippen LogP contribution < -0.4 is 0 Å². The Labute approximate surface area is 134 Å². The largest absolute Gasteiger partial charge is 0.500 e. The van der Waals surface area contributed by atoms with E-state index in [0.29, 0.717) is 0 Å². The fourth-order valence-corrected chi connectivity index (χ4v) is 1.26. The molecule has 0 aromatic carbocycles. The summed E-state index contributed by atoms with van der Waals surface area (Å²) in [4.78, 5) is 0. The molecule has 0 rings (SSSR count). The zero-order valence-electron chi connectivity index (χ0n) is 13.5. The van der Waals surface area contributed by atoms with Gasteiger partial charge in [0, 0.05) is 33.9 Å². The van der Waals surface area contributed by atoms with Gasteiger partial charge in [0.05, 0.1) is 0 Å². The van der Waals surface area contributed by atoms with Crippen LogP contribution in [-0.2, 0) is 21.1 Å². The van der Waals surface area contributed by atoms with Crippen LogP contribution in [0.2, 0.25) is 0 Å². The molecule has 0 fully saturated rings. The zero-order chi connectivity index (χ0) is 13.3. The van der Waals surface area contributed by atoms with Crippen molar-refractivity contribution in [3.05, 3.63) is 30.7 Å². The zero-order valence-corrected chi connectivity index (χ0v) is 15.8. The second-order valence-corrected chi connectivity index (χ2v) is 4.49. The average Bonchev–Trinajstić information content (AvgIpc) is 2.32. The Bertz CT molecular complexity index is 316.